The van der Waals surface area contributed by atoms with Crippen molar-refractivity contribution < 1.29 is 24.3 Å². The molecule has 0 bridgehead atoms. The van der Waals surface area contributed by atoms with E-state index >= 15 is 0 Å². The number of aliphatic hydroxyl groups excluding tert-OH is 1. The van der Waals surface area contributed by atoms with Gasteiger partial charge in [-0.3, -0.25) is 0 Å². The van der Waals surface area contributed by atoms with E-state index in [1.807, 2.05) is 6.07 Å². The maximum absolute atomic E-state index is 12.1. The highest BCUT2D eigenvalue weighted by Crippen LogP contribution is 2.14. The number of carbonyl (C=O) groups excluding carboxylic acids is 2. The average Bonchev–Trinajstić information content (AvgIpc) is 2.45. The van der Waals surface area contributed by atoms with Crippen molar-refractivity contribution >= 4 is 12.1 Å². The Morgan fingerprint density at radius 3 is 2.50 bits per heavy atom. The lowest BCUT2D eigenvalue weighted by atomic mass is 10.1. The summed E-state index contributed by atoms with van der Waals surface area (Å²) >= 11 is 0. The summed E-state index contributed by atoms with van der Waals surface area (Å²) in [6, 6.07) is 8.23. The number of hydrogen-bond acceptors (Lipinski definition) is 6. The number of ether oxygens (including phenoxy) is 1. The maximum atomic E-state index is 12.1. The third kappa shape index (κ3) is 5.82. The number of benzene rings is 1. The number of hydrogen-bond donors (Lipinski definition) is 2. The van der Waals surface area contributed by atoms with Crippen LogP contribution in [0.5, 0.6) is 0 Å². The Hall–Kier alpha value is -2.12. The van der Waals surface area contributed by atoms with Gasteiger partial charge in [-0.1, -0.05) is 18.2 Å². The molecule has 2 unspecified atom stereocenters. The van der Waals surface area contributed by atoms with Gasteiger partial charge in [-0.05, 0) is 39.3 Å². The van der Waals surface area contributed by atoms with Crippen LogP contribution in [0.4, 0.5) is 4.79 Å². The number of rotatable bonds is 3. The molecule has 0 radical (unpaired) electrons. The highest BCUT2D eigenvalue weighted by molar-refractivity contribution is 5.89. The Balaban J connectivity index is 1.90. The number of nitrogens with zero attached hydrogens (tertiary/aromatic N) is 1. The molecule has 132 valence electrons. The molecule has 2 rings (SSSR count). The quantitative estimate of drug-likeness (QED) is 0.874. The van der Waals surface area contributed by atoms with Crippen LogP contribution in [0.1, 0.15) is 37.6 Å². The largest absolute Gasteiger partial charge is 0.444 e. The second kappa shape index (κ2) is 7.63. The van der Waals surface area contributed by atoms with Gasteiger partial charge in [0.05, 0.1) is 30.8 Å². The molecule has 0 saturated carbocycles. The number of nitrogens with one attached hydrogen (secondary N) is 1. The molecule has 1 aliphatic rings. The molecule has 24 heavy (non-hydrogen) atoms. The van der Waals surface area contributed by atoms with E-state index in [0.29, 0.717) is 12.0 Å². The van der Waals surface area contributed by atoms with Crippen molar-refractivity contribution in [2.45, 2.75) is 44.9 Å². The Kier molecular flexibility index (Phi) is 5.80. The highest BCUT2D eigenvalue weighted by atomic mass is 16.7. The van der Waals surface area contributed by atoms with Gasteiger partial charge in [0.25, 0.3) is 0 Å². The minimum Gasteiger partial charge on any atom is -0.444 e. The smallest absolute Gasteiger partial charge is 0.407 e. The van der Waals surface area contributed by atoms with E-state index in [0.717, 1.165) is 0 Å². The summed E-state index contributed by atoms with van der Waals surface area (Å²) in [7, 11) is 0. The molecule has 1 fully saturated rings. The van der Waals surface area contributed by atoms with Gasteiger partial charge in [-0.2, -0.15) is 0 Å². The molecule has 7 heteroatoms. The molecule has 1 heterocycles. The Bertz CT molecular complexity index is 570. The Morgan fingerprint density at radius 1 is 1.21 bits per heavy atom. The fraction of sp³-hybridized carbons (Fsp3) is 0.529. The normalized spacial score (nSPS) is 21.8. The molecular weight excluding hydrogens is 312 g/mol. The average molecular weight is 336 g/mol. The van der Waals surface area contributed by atoms with Gasteiger partial charge in [0, 0.05) is 0 Å². The van der Waals surface area contributed by atoms with E-state index in [4.69, 9.17) is 9.57 Å². The molecule has 2 N–H and O–H groups in total. The van der Waals surface area contributed by atoms with Crippen LogP contribution in [-0.2, 0) is 9.57 Å². The standard InChI is InChI=1S/C17H24N2O5/c1-17(2,3)23-16(22)18-13-9-14(20)11-19(10-13)24-15(21)12-7-5-4-6-8-12/h4-8,13-14,20H,9-11H2,1-3H3,(H,18,22). The van der Waals surface area contributed by atoms with Crippen LogP contribution in [0.15, 0.2) is 30.3 Å². The summed E-state index contributed by atoms with van der Waals surface area (Å²) in [5, 5.41) is 14.0. The second-order valence-electron chi connectivity index (χ2n) is 6.82. The van der Waals surface area contributed by atoms with E-state index in [-0.39, 0.29) is 19.1 Å². The maximum Gasteiger partial charge on any atom is 0.407 e. The Morgan fingerprint density at radius 2 is 1.88 bits per heavy atom. The zero-order valence-corrected chi connectivity index (χ0v) is 14.2. The number of β-amino-alcohol motifs (C(OH)–C–C–N with tert-alkyl or cyclic N) is 1. The number of carbonyl (C=O) groups is 2. The van der Waals surface area contributed by atoms with Gasteiger partial charge < -0.3 is 20.0 Å². The van der Waals surface area contributed by atoms with Crippen molar-refractivity contribution in [1.82, 2.24) is 10.4 Å². The molecule has 1 amide bonds. The highest BCUT2D eigenvalue weighted by Gasteiger charge is 2.30. The van der Waals surface area contributed by atoms with Crippen molar-refractivity contribution in [2.75, 3.05) is 13.1 Å². The predicted molar refractivity (Wildman–Crippen MR) is 87.2 cm³/mol. The second-order valence-corrected chi connectivity index (χ2v) is 6.82. The van der Waals surface area contributed by atoms with Crippen LogP contribution in [-0.4, -0.2) is 53.1 Å². The predicted octanol–water partition coefficient (Wildman–Crippen LogP) is 1.72. The van der Waals surface area contributed by atoms with Crippen molar-refractivity contribution in [3.05, 3.63) is 35.9 Å². The first-order chi connectivity index (χ1) is 11.2. The number of alkyl carbamates (subject to hydrolysis) is 1. The molecular formula is C17H24N2O5. The lowest BCUT2D eigenvalue weighted by Crippen LogP contribution is -2.53. The zero-order chi connectivity index (χ0) is 17.7. The number of hydroxylamine groups is 2. The SMILES string of the molecule is CC(C)(C)OC(=O)NC1CC(O)CN(OC(=O)c2ccccc2)C1. The summed E-state index contributed by atoms with van der Waals surface area (Å²) < 4.78 is 5.20. The number of piperidine rings is 1. The molecule has 1 aromatic carbocycles. The summed E-state index contributed by atoms with van der Waals surface area (Å²) in [4.78, 5) is 29.2. The first-order valence-electron chi connectivity index (χ1n) is 7.93. The van der Waals surface area contributed by atoms with Crippen molar-refractivity contribution in [3.8, 4) is 0 Å². The van der Waals surface area contributed by atoms with E-state index < -0.39 is 23.8 Å². The van der Waals surface area contributed by atoms with E-state index in [1.54, 1.807) is 45.0 Å². The zero-order valence-electron chi connectivity index (χ0n) is 14.2. The van der Waals surface area contributed by atoms with Crippen LogP contribution in [0.25, 0.3) is 0 Å². The van der Waals surface area contributed by atoms with Gasteiger partial charge >= 0.3 is 12.1 Å². The van der Waals surface area contributed by atoms with Crippen LogP contribution >= 0.6 is 0 Å². The lowest BCUT2D eigenvalue weighted by molar-refractivity contribution is -0.147. The third-order valence-corrected chi connectivity index (χ3v) is 3.34. The van der Waals surface area contributed by atoms with Gasteiger partial charge in [0.15, 0.2) is 0 Å². The Labute approximate surface area is 141 Å². The fourth-order valence-electron chi connectivity index (χ4n) is 2.43. The number of aliphatic hydroxyl groups is 1. The van der Waals surface area contributed by atoms with Crippen LogP contribution in [0, 0.1) is 0 Å². The van der Waals surface area contributed by atoms with E-state index in [1.165, 1.54) is 5.06 Å². The van der Waals surface area contributed by atoms with Gasteiger partial charge in [0.2, 0.25) is 0 Å². The summed E-state index contributed by atoms with van der Waals surface area (Å²) in [6.07, 6.45) is -0.892. The summed E-state index contributed by atoms with van der Waals surface area (Å²) in [5.74, 6) is -0.499. The van der Waals surface area contributed by atoms with E-state index in [2.05, 4.69) is 5.32 Å². The number of amides is 1. The minimum atomic E-state index is -0.706. The van der Waals surface area contributed by atoms with Crippen molar-refractivity contribution in [3.63, 3.8) is 0 Å². The van der Waals surface area contributed by atoms with Crippen LogP contribution in [0.3, 0.4) is 0 Å². The minimum absolute atomic E-state index is 0.199. The lowest BCUT2D eigenvalue weighted by Gasteiger charge is -2.34. The summed E-state index contributed by atoms with van der Waals surface area (Å²) in [6.45, 7) is 5.81. The molecule has 1 saturated heterocycles. The molecule has 1 aliphatic heterocycles. The fourth-order valence-corrected chi connectivity index (χ4v) is 2.43. The van der Waals surface area contributed by atoms with Gasteiger partial charge in [0.1, 0.15) is 5.60 Å². The van der Waals surface area contributed by atoms with Crippen LogP contribution < -0.4 is 5.32 Å². The van der Waals surface area contributed by atoms with Gasteiger partial charge in [-0.15, -0.1) is 5.06 Å². The third-order valence-electron chi connectivity index (χ3n) is 3.34. The van der Waals surface area contributed by atoms with Gasteiger partial charge in [-0.25, -0.2) is 9.59 Å². The van der Waals surface area contributed by atoms with Crippen molar-refractivity contribution in [2.24, 2.45) is 0 Å². The first kappa shape index (κ1) is 18.2. The molecule has 0 spiro atoms. The molecule has 2 atom stereocenters. The molecule has 0 aromatic heterocycles. The molecule has 7 nitrogen and oxygen atoms in total. The van der Waals surface area contributed by atoms with Crippen LogP contribution in [0.2, 0.25) is 0 Å². The summed E-state index contributed by atoms with van der Waals surface area (Å²) in [5.41, 5.74) is -0.175. The van der Waals surface area contributed by atoms with Crippen molar-refractivity contribution in [1.29, 1.82) is 0 Å². The van der Waals surface area contributed by atoms with E-state index in [9.17, 15) is 14.7 Å². The monoisotopic (exact) mass is 336 g/mol. The topological polar surface area (TPSA) is 88.1 Å². The molecule has 0 aliphatic carbocycles. The molecule has 1 aromatic rings. The first-order valence-corrected chi connectivity index (χ1v) is 7.93.